The predicted octanol–water partition coefficient (Wildman–Crippen LogP) is 5.55. The molecule has 0 saturated heterocycles. The van der Waals surface area contributed by atoms with Gasteiger partial charge in [-0.1, -0.05) is 48.5 Å². The van der Waals surface area contributed by atoms with Crippen molar-refractivity contribution in [3.05, 3.63) is 115 Å². The van der Waals surface area contributed by atoms with E-state index in [-0.39, 0.29) is 5.91 Å². The summed E-state index contributed by atoms with van der Waals surface area (Å²) in [6.07, 6.45) is 3.24. The molecule has 0 saturated carbocycles. The van der Waals surface area contributed by atoms with Crippen molar-refractivity contribution in [2.45, 2.75) is 6.54 Å². The van der Waals surface area contributed by atoms with Gasteiger partial charge in [-0.15, -0.1) is 0 Å². The molecular weight excluding hydrogens is 374 g/mol. The van der Waals surface area contributed by atoms with Crippen molar-refractivity contribution in [1.82, 2.24) is 10.3 Å². The molecule has 0 atom stereocenters. The summed E-state index contributed by atoms with van der Waals surface area (Å²) in [5.74, 6) is 1.37. The van der Waals surface area contributed by atoms with Crippen LogP contribution in [0.25, 0.3) is 0 Å². The van der Waals surface area contributed by atoms with E-state index in [0.29, 0.717) is 12.1 Å². The quantitative estimate of drug-likeness (QED) is 0.431. The number of anilines is 2. The van der Waals surface area contributed by atoms with Crippen molar-refractivity contribution in [2.75, 3.05) is 5.32 Å². The molecule has 148 valence electrons. The molecule has 0 bridgehead atoms. The summed E-state index contributed by atoms with van der Waals surface area (Å²) < 4.78 is 5.80. The molecule has 0 spiro atoms. The number of aromatic nitrogens is 1. The first kappa shape index (κ1) is 19.2. The number of hydrogen-bond donors (Lipinski definition) is 2. The molecule has 0 aliphatic heterocycles. The smallest absolute Gasteiger partial charge is 0.253 e. The third-order valence-electron chi connectivity index (χ3n) is 4.42. The minimum Gasteiger partial charge on any atom is -0.457 e. The Bertz CT molecular complexity index is 1100. The third kappa shape index (κ3) is 5.23. The van der Waals surface area contributed by atoms with Gasteiger partial charge in [-0.05, 0) is 48.0 Å². The largest absolute Gasteiger partial charge is 0.457 e. The van der Waals surface area contributed by atoms with Crippen LogP contribution in [0.4, 0.5) is 11.4 Å². The van der Waals surface area contributed by atoms with Crippen LogP contribution in [0, 0.1) is 0 Å². The molecule has 3 aromatic carbocycles. The Morgan fingerprint density at radius 1 is 0.767 bits per heavy atom. The Labute approximate surface area is 175 Å². The molecule has 0 aliphatic rings. The van der Waals surface area contributed by atoms with Crippen LogP contribution in [0.2, 0.25) is 0 Å². The van der Waals surface area contributed by atoms with Gasteiger partial charge in [0.1, 0.15) is 11.5 Å². The topological polar surface area (TPSA) is 63.2 Å². The first-order chi connectivity index (χ1) is 14.8. The van der Waals surface area contributed by atoms with Gasteiger partial charge in [-0.3, -0.25) is 9.78 Å². The first-order valence-electron chi connectivity index (χ1n) is 9.63. The number of nitrogens with one attached hydrogen (secondary N) is 2. The summed E-state index contributed by atoms with van der Waals surface area (Å²) in [5, 5.41) is 6.18. The predicted molar refractivity (Wildman–Crippen MR) is 118 cm³/mol. The molecule has 0 radical (unpaired) electrons. The molecule has 30 heavy (non-hydrogen) atoms. The summed E-state index contributed by atoms with van der Waals surface area (Å²) in [4.78, 5) is 16.6. The summed E-state index contributed by atoms with van der Waals surface area (Å²) in [5.41, 5.74) is 3.16. The van der Waals surface area contributed by atoms with Crippen molar-refractivity contribution in [2.24, 2.45) is 0 Å². The molecule has 0 unspecified atom stereocenters. The second-order valence-electron chi connectivity index (χ2n) is 6.70. The van der Waals surface area contributed by atoms with Crippen LogP contribution in [0.15, 0.2) is 103 Å². The molecule has 4 rings (SSSR count). The van der Waals surface area contributed by atoms with E-state index < -0.39 is 0 Å². The van der Waals surface area contributed by atoms with Gasteiger partial charge >= 0.3 is 0 Å². The number of benzene rings is 3. The summed E-state index contributed by atoms with van der Waals surface area (Å²) in [7, 11) is 0. The summed E-state index contributed by atoms with van der Waals surface area (Å²) >= 11 is 0. The van der Waals surface area contributed by atoms with Crippen molar-refractivity contribution < 1.29 is 9.53 Å². The van der Waals surface area contributed by atoms with E-state index in [1.807, 2.05) is 84.9 Å². The van der Waals surface area contributed by atoms with Crippen molar-refractivity contribution in [3.8, 4) is 11.5 Å². The normalized spacial score (nSPS) is 10.3. The lowest BCUT2D eigenvalue weighted by molar-refractivity contribution is 0.0950. The molecule has 1 aromatic heterocycles. The molecular formula is C25H21N3O2. The summed E-state index contributed by atoms with van der Waals surface area (Å²) in [6.45, 7) is 0.472. The third-order valence-corrected chi connectivity index (χ3v) is 4.42. The molecule has 0 aliphatic carbocycles. The molecule has 0 fully saturated rings. The van der Waals surface area contributed by atoms with Crippen LogP contribution >= 0.6 is 0 Å². The van der Waals surface area contributed by atoms with Gasteiger partial charge in [-0.25, -0.2) is 0 Å². The zero-order valence-electron chi connectivity index (χ0n) is 16.3. The fourth-order valence-electron chi connectivity index (χ4n) is 2.91. The highest BCUT2D eigenvalue weighted by atomic mass is 16.5. The highest BCUT2D eigenvalue weighted by Crippen LogP contribution is 2.24. The average Bonchev–Trinajstić information content (AvgIpc) is 2.80. The van der Waals surface area contributed by atoms with Crippen LogP contribution in [-0.4, -0.2) is 10.9 Å². The maximum Gasteiger partial charge on any atom is 0.253 e. The lowest BCUT2D eigenvalue weighted by Crippen LogP contribution is -2.22. The highest BCUT2D eigenvalue weighted by molar-refractivity contribution is 5.94. The maximum atomic E-state index is 12.4. The van der Waals surface area contributed by atoms with Gasteiger partial charge in [0.15, 0.2) is 0 Å². The maximum absolute atomic E-state index is 12.4. The number of rotatable bonds is 7. The van der Waals surface area contributed by atoms with Crippen molar-refractivity contribution >= 4 is 17.3 Å². The second kappa shape index (κ2) is 9.39. The van der Waals surface area contributed by atoms with E-state index >= 15 is 0 Å². The number of amides is 1. The zero-order valence-corrected chi connectivity index (χ0v) is 16.3. The zero-order chi connectivity index (χ0) is 20.6. The molecule has 2 N–H and O–H groups in total. The lowest BCUT2D eigenvalue weighted by atomic mass is 10.2. The molecule has 5 heteroatoms. The van der Waals surface area contributed by atoms with E-state index in [9.17, 15) is 4.79 Å². The Hall–Kier alpha value is -4.12. The molecule has 4 aromatic rings. The fourth-order valence-corrected chi connectivity index (χ4v) is 2.91. The Kier molecular flexibility index (Phi) is 6.01. The van der Waals surface area contributed by atoms with Gasteiger partial charge < -0.3 is 15.4 Å². The van der Waals surface area contributed by atoms with E-state index in [2.05, 4.69) is 15.6 Å². The number of para-hydroxylation sites is 1. The Morgan fingerprint density at radius 2 is 1.43 bits per heavy atom. The van der Waals surface area contributed by atoms with Gasteiger partial charge in [0, 0.05) is 18.4 Å². The highest BCUT2D eigenvalue weighted by Gasteiger charge is 2.07. The molecule has 1 heterocycles. The van der Waals surface area contributed by atoms with E-state index in [0.717, 1.165) is 28.4 Å². The Morgan fingerprint density at radius 3 is 2.17 bits per heavy atom. The van der Waals surface area contributed by atoms with Crippen LogP contribution in [-0.2, 0) is 6.54 Å². The van der Waals surface area contributed by atoms with Crippen LogP contribution in [0.5, 0.6) is 11.5 Å². The standard InChI is InChI=1S/C25H21N3O2/c29-25(27-16-19-7-3-1-4-8-19)20-15-22(18-26-17-20)28-21-11-13-24(14-12-21)30-23-9-5-2-6-10-23/h1-15,17-18,28H,16H2,(H,27,29). The fraction of sp³-hybridized carbons (Fsp3) is 0.0400. The minimum atomic E-state index is -0.165. The van der Waals surface area contributed by atoms with E-state index in [4.69, 9.17) is 4.74 Å². The van der Waals surface area contributed by atoms with E-state index in [1.54, 1.807) is 18.5 Å². The van der Waals surface area contributed by atoms with Crippen LogP contribution in [0.1, 0.15) is 15.9 Å². The molecule has 1 amide bonds. The first-order valence-corrected chi connectivity index (χ1v) is 9.63. The number of ether oxygens (including phenoxy) is 1. The van der Waals surface area contributed by atoms with Gasteiger partial charge in [0.25, 0.3) is 5.91 Å². The Balaban J connectivity index is 1.37. The number of hydrogen-bond acceptors (Lipinski definition) is 4. The number of carbonyl (C=O) groups excluding carboxylic acids is 1. The number of carbonyl (C=O) groups is 1. The summed E-state index contributed by atoms with van der Waals surface area (Å²) in [6, 6.07) is 28.8. The van der Waals surface area contributed by atoms with Crippen molar-refractivity contribution in [3.63, 3.8) is 0 Å². The van der Waals surface area contributed by atoms with Crippen molar-refractivity contribution in [1.29, 1.82) is 0 Å². The van der Waals surface area contributed by atoms with Crippen LogP contribution in [0.3, 0.4) is 0 Å². The van der Waals surface area contributed by atoms with Gasteiger partial charge in [0.05, 0.1) is 17.4 Å². The second-order valence-corrected chi connectivity index (χ2v) is 6.70. The van der Waals surface area contributed by atoms with Gasteiger partial charge in [-0.2, -0.15) is 0 Å². The van der Waals surface area contributed by atoms with E-state index in [1.165, 1.54) is 0 Å². The SMILES string of the molecule is O=C(NCc1ccccc1)c1cncc(Nc2ccc(Oc3ccccc3)cc2)c1. The molecule has 5 nitrogen and oxygen atoms in total. The van der Waals surface area contributed by atoms with Gasteiger partial charge in [0.2, 0.25) is 0 Å². The number of pyridine rings is 1. The lowest BCUT2D eigenvalue weighted by Gasteiger charge is -2.10. The monoisotopic (exact) mass is 395 g/mol. The number of nitrogens with zero attached hydrogens (tertiary/aromatic N) is 1. The minimum absolute atomic E-state index is 0.165. The average molecular weight is 395 g/mol. The van der Waals surface area contributed by atoms with Crippen LogP contribution < -0.4 is 15.4 Å².